The highest BCUT2D eigenvalue weighted by molar-refractivity contribution is 5.93. The Labute approximate surface area is 232 Å². The average molecular weight is 534 g/mol. The Morgan fingerprint density at radius 3 is 2.62 bits per heavy atom. The second kappa shape index (κ2) is 11.1. The molecular formula is C33H43NO5. The number of hydrogen-bond acceptors (Lipinski definition) is 6. The van der Waals surface area contributed by atoms with E-state index < -0.39 is 0 Å². The smallest absolute Gasteiger partial charge is 0.343 e. The number of ether oxygens (including phenoxy) is 3. The van der Waals surface area contributed by atoms with Crippen LogP contribution in [0.2, 0.25) is 0 Å². The third-order valence-electron chi connectivity index (χ3n) is 9.99. The third kappa shape index (κ3) is 5.06. The molecule has 0 aromatic heterocycles. The van der Waals surface area contributed by atoms with Crippen molar-refractivity contribution in [1.82, 2.24) is 4.90 Å². The van der Waals surface area contributed by atoms with E-state index in [9.17, 15) is 9.90 Å². The van der Waals surface area contributed by atoms with E-state index in [1.54, 1.807) is 14.0 Å². The number of methoxy groups -OCH3 is 1. The first kappa shape index (κ1) is 26.6. The zero-order valence-electron chi connectivity index (χ0n) is 23.6. The van der Waals surface area contributed by atoms with Crippen LogP contribution < -0.4 is 0 Å². The molecule has 210 valence electrons. The molecule has 4 heterocycles. The van der Waals surface area contributed by atoms with Crippen LogP contribution in [0.25, 0.3) is 0 Å². The van der Waals surface area contributed by atoms with Crippen molar-refractivity contribution in [2.24, 2.45) is 23.7 Å². The number of hydrogen-bond donors (Lipinski definition) is 1. The van der Waals surface area contributed by atoms with Crippen LogP contribution in [0.5, 0.6) is 0 Å². The lowest BCUT2D eigenvalue weighted by molar-refractivity contribution is -0.133. The van der Waals surface area contributed by atoms with E-state index in [4.69, 9.17) is 14.2 Å². The molecule has 6 nitrogen and oxygen atoms in total. The van der Waals surface area contributed by atoms with Crippen LogP contribution >= 0.6 is 0 Å². The van der Waals surface area contributed by atoms with Gasteiger partial charge in [-0.3, -0.25) is 4.90 Å². The van der Waals surface area contributed by atoms with Gasteiger partial charge in [-0.1, -0.05) is 62.9 Å². The van der Waals surface area contributed by atoms with Crippen molar-refractivity contribution in [3.05, 3.63) is 70.6 Å². The van der Waals surface area contributed by atoms with E-state index in [0.717, 1.165) is 44.4 Å². The summed E-state index contributed by atoms with van der Waals surface area (Å²) >= 11 is 0. The van der Waals surface area contributed by atoms with Crippen LogP contribution in [0.4, 0.5) is 0 Å². The maximum Gasteiger partial charge on any atom is 0.343 e. The summed E-state index contributed by atoms with van der Waals surface area (Å²) in [4.78, 5) is 15.0. The monoisotopic (exact) mass is 533 g/mol. The van der Waals surface area contributed by atoms with Gasteiger partial charge in [-0.2, -0.15) is 0 Å². The highest BCUT2D eigenvalue weighted by atomic mass is 16.6. The van der Waals surface area contributed by atoms with Gasteiger partial charge in [0.05, 0.1) is 18.8 Å². The average Bonchev–Trinajstić information content (AvgIpc) is 3.59. The number of piperidine rings is 1. The highest BCUT2D eigenvalue weighted by Gasteiger charge is 2.51. The molecule has 0 spiro atoms. The molecule has 39 heavy (non-hydrogen) atoms. The number of esters is 1. The summed E-state index contributed by atoms with van der Waals surface area (Å²) < 4.78 is 17.8. The fraction of sp³-hybridized carbons (Fsp3) is 0.606. The molecule has 5 aliphatic rings. The number of nitrogens with zero attached hydrogens (tertiary/aromatic N) is 1. The predicted octanol–water partition coefficient (Wildman–Crippen LogP) is 5.88. The number of rotatable bonds is 6. The molecule has 2 saturated heterocycles. The van der Waals surface area contributed by atoms with Crippen LogP contribution in [-0.2, 0) is 25.4 Å². The number of carbonyl (C=O) groups is 1. The van der Waals surface area contributed by atoms with Gasteiger partial charge in [0.2, 0.25) is 5.76 Å². The number of allylic oxidation sites excluding steroid dienone is 1. The quantitative estimate of drug-likeness (QED) is 0.461. The number of aliphatic hydroxyl groups excluding tert-OH is 1. The van der Waals surface area contributed by atoms with Crippen LogP contribution in [0.1, 0.15) is 70.8 Å². The fourth-order valence-electron chi connectivity index (χ4n) is 8.11. The van der Waals surface area contributed by atoms with Crippen LogP contribution in [0.3, 0.4) is 0 Å². The topological polar surface area (TPSA) is 68.2 Å². The van der Waals surface area contributed by atoms with Crippen molar-refractivity contribution < 1.29 is 24.1 Å². The number of benzene rings is 1. The Kier molecular flexibility index (Phi) is 7.60. The van der Waals surface area contributed by atoms with Gasteiger partial charge in [0, 0.05) is 30.5 Å². The van der Waals surface area contributed by atoms with Gasteiger partial charge in [-0.05, 0) is 62.5 Å². The lowest BCUT2D eigenvalue weighted by atomic mass is 9.73. The van der Waals surface area contributed by atoms with E-state index in [1.807, 2.05) is 0 Å². The largest absolute Gasteiger partial charge is 0.492 e. The highest BCUT2D eigenvalue weighted by Crippen LogP contribution is 2.50. The van der Waals surface area contributed by atoms with E-state index in [-0.39, 0.29) is 36.0 Å². The number of aliphatic hydroxyl groups is 1. The molecular weight excluding hydrogens is 490 g/mol. The van der Waals surface area contributed by atoms with E-state index in [0.29, 0.717) is 34.7 Å². The van der Waals surface area contributed by atoms with Gasteiger partial charge in [-0.25, -0.2) is 4.79 Å². The summed E-state index contributed by atoms with van der Waals surface area (Å²) in [5, 5.41) is 11.7. The second-order valence-corrected chi connectivity index (χ2v) is 12.4. The summed E-state index contributed by atoms with van der Waals surface area (Å²) in [5.74, 6) is 3.54. The van der Waals surface area contributed by atoms with Crippen molar-refractivity contribution in [2.45, 2.75) is 89.8 Å². The maximum absolute atomic E-state index is 12.4. The maximum atomic E-state index is 12.4. The van der Waals surface area contributed by atoms with Crippen molar-refractivity contribution in [2.75, 3.05) is 13.7 Å². The minimum absolute atomic E-state index is 0.0313. The molecule has 0 unspecified atom stereocenters. The standard InChI is InChI=1S/C33H43NO5/c1-20-29-26-18-24(16-22-10-5-4-6-11-22)17-25(27(35)19-23-12-7-8-13-23)34(26)15-9-14-28(29)38-31(20)32-30(37-3)21(2)33(36)39-32/h4-6,10-11,14,20,23-27,29,35H,7-9,12-13,15-19H2,1-3H3/t20-,24-,25-,26-,27-,29+/m0/s1. The first-order valence-corrected chi connectivity index (χ1v) is 15.0. The fourth-order valence-corrected chi connectivity index (χ4v) is 8.11. The molecule has 1 aliphatic carbocycles. The van der Waals surface area contributed by atoms with Crippen molar-refractivity contribution >= 4 is 5.97 Å². The molecule has 0 bridgehead atoms. The minimum Gasteiger partial charge on any atom is -0.492 e. The Morgan fingerprint density at radius 1 is 1.10 bits per heavy atom. The zero-order chi connectivity index (χ0) is 27.1. The van der Waals surface area contributed by atoms with Crippen molar-refractivity contribution in [1.29, 1.82) is 0 Å². The zero-order valence-corrected chi connectivity index (χ0v) is 23.6. The van der Waals surface area contributed by atoms with Gasteiger partial charge in [0.25, 0.3) is 0 Å². The van der Waals surface area contributed by atoms with Gasteiger partial charge >= 0.3 is 5.97 Å². The summed E-state index contributed by atoms with van der Waals surface area (Å²) in [7, 11) is 1.58. The molecule has 3 fully saturated rings. The number of fused-ring (bicyclic) bond motifs is 3. The summed E-state index contributed by atoms with van der Waals surface area (Å²) in [6.07, 6.45) is 11.9. The molecule has 6 atom stereocenters. The summed E-state index contributed by atoms with van der Waals surface area (Å²) in [6.45, 7) is 4.87. The van der Waals surface area contributed by atoms with E-state index >= 15 is 0 Å². The van der Waals surface area contributed by atoms with Gasteiger partial charge in [-0.15, -0.1) is 0 Å². The minimum atomic E-state index is -0.372. The first-order chi connectivity index (χ1) is 18.9. The SMILES string of the molecule is COC1=C(C)C(=O)OC1=C1OC2=CCCN3[C@@H](C[C@@H](Cc4ccccc4)C[C@H]3[C@@H](O)CC3CCCC3)[C@H]2[C@@H]1C. The molecule has 6 heteroatoms. The predicted molar refractivity (Wildman–Crippen MR) is 149 cm³/mol. The summed E-state index contributed by atoms with van der Waals surface area (Å²) in [5.41, 5.74) is 1.85. The lowest BCUT2D eigenvalue weighted by Crippen LogP contribution is -2.57. The Morgan fingerprint density at radius 2 is 1.87 bits per heavy atom. The molecule has 1 aromatic carbocycles. The second-order valence-electron chi connectivity index (χ2n) is 12.4. The van der Waals surface area contributed by atoms with Crippen molar-refractivity contribution in [3.63, 3.8) is 0 Å². The first-order valence-electron chi connectivity index (χ1n) is 15.0. The molecule has 1 saturated carbocycles. The number of carbonyl (C=O) groups excluding carboxylic acids is 1. The Balaban J connectivity index is 1.32. The molecule has 1 aromatic rings. The molecule has 0 radical (unpaired) electrons. The van der Waals surface area contributed by atoms with Crippen LogP contribution in [-0.4, -0.2) is 47.8 Å². The molecule has 1 N–H and O–H groups in total. The van der Waals surface area contributed by atoms with E-state index in [1.165, 1.54) is 31.2 Å². The van der Waals surface area contributed by atoms with Gasteiger partial charge < -0.3 is 19.3 Å². The number of cyclic esters (lactones) is 1. The normalized spacial score (nSPS) is 34.2. The third-order valence-corrected chi connectivity index (χ3v) is 9.99. The Hall–Kier alpha value is -2.57. The van der Waals surface area contributed by atoms with Gasteiger partial charge in [0.1, 0.15) is 5.76 Å². The van der Waals surface area contributed by atoms with Crippen LogP contribution in [0.15, 0.2) is 65.0 Å². The van der Waals surface area contributed by atoms with E-state index in [2.05, 4.69) is 48.2 Å². The summed E-state index contributed by atoms with van der Waals surface area (Å²) in [6, 6.07) is 11.2. The molecule has 6 rings (SSSR count). The molecule has 4 aliphatic heterocycles. The Bertz CT molecular complexity index is 1160. The van der Waals surface area contributed by atoms with Crippen molar-refractivity contribution in [3.8, 4) is 0 Å². The van der Waals surface area contributed by atoms with Crippen LogP contribution in [0, 0.1) is 23.7 Å². The molecule has 0 amide bonds. The lowest BCUT2D eigenvalue weighted by Gasteiger charge is -2.49. The van der Waals surface area contributed by atoms with Gasteiger partial charge in [0.15, 0.2) is 11.5 Å².